The summed E-state index contributed by atoms with van der Waals surface area (Å²) in [4.78, 5) is 27.2. The normalized spacial score (nSPS) is 10.7. The third kappa shape index (κ3) is 4.51. The van der Waals surface area contributed by atoms with Gasteiger partial charge in [0.1, 0.15) is 6.42 Å². The molecule has 5 heteroatoms. The standard InChI is InChI=1S/C21H23N3O2/c1-14-9-15(2)11-17(10-14)24-21(26)12-20(25)22-8-7-16-13-23-19-6-4-3-5-18(16)19/h3-6,9-11,13,23H,7-8,12H2,1-2H3,(H,22,25)(H,24,26). The highest BCUT2D eigenvalue weighted by Gasteiger charge is 2.10. The molecule has 5 nitrogen and oxygen atoms in total. The van der Waals surface area contributed by atoms with Crippen LogP contribution < -0.4 is 10.6 Å². The van der Waals surface area contributed by atoms with Gasteiger partial charge in [-0.2, -0.15) is 0 Å². The maximum Gasteiger partial charge on any atom is 0.233 e. The molecule has 1 heterocycles. The molecule has 0 aliphatic heterocycles. The zero-order valence-electron chi connectivity index (χ0n) is 15.1. The fourth-order valence-corrected chi connectivity index (χ4v) is 3.14. The fraction of sp³-hybridized carbons (Fsp3) is 0.238. The van der Waals surface area contributed by atoms with E-state index in [4.69, 9.17) is 0 Å². The number of amides is 2. The highest BCUT2D eigenvalue weighted by atomic mass is 16.2. The van der Waals surface area contributed by atoms with E-state index < -0.39 is 0 Å². The number of H-pyrrole nitrogens is 1. The summed E-state index contributed by atoms with van der Waals surface area (Å²) in [6.45, 7) is 4.44. The highest BCUT2D eigenvalue weighted by molar-refractivity contribution is 6.03. The third-order valence-corrected chi connectivity index (χ3v) is 4.22. The number of rotatable bonds is 6. The molecule has 0 saturated heterocycles. The molecule has 0 aliphatic carbocycles. The molecule has 0 unspecified atom stereocenters. The number of aromatic nitrogens is 1. The molecule has 0 saturated carbocycles. The summed E-state index contributed by atoms with van der Waals surface area (Å²) in [5.41, 5.74) is 5.10. The first-order chi connectivity index (χ1) is 12.5. The molecule has 2 aromatic carbocycles. The van der Waals surface area contributed by atoms with E-state index in [-0.39, 0.29) is 18.2 Å². The summed E-state index contributed by atoms with van der Waals surface area (Å²) in [6.07, 6.45) is 2.50. The Labute approximate surface area is 152 Å². The molecular formula is C21H23N3O2. The first kappa shape index (κ1) is 17.7. The molecule has 0 atom stereocenters. The molecule has 0 bridgehead atoms. The van der Waals surface area contributed by atoms with Crippen LogP contribution in [0.5, 0.6) is 0 Å². The van der Waals surface area contributed by atoms with Crippen molar-refractivity contribution in [2.24, 2.45) is 0 Å². The number of anilines is 1. The molecule has 26 heavy (non-hydrogen) atoms. The van der Waals surface area contributed by atoms with Crippen molar-refractivity contribution in [3.05, 3.63) is 65.4 Å². The van der Waals surface area contributed by atoms with Crippen LogP contribution in [0.15, 0.2) is 48.7 Å². The van der Waals surface area contributed by atoms with Crippen LogP contribution >= 0.6 is 0 Å². The van der Waals surface area contributed by atoms with Gasteiger partial charge in [0.25, 0.3) is 0 Å². The number of benzene rings is 2. The van der Waals surface area contributed by atoms with Crippen molar-refractivity contribution < 1.29 is 9.59 Å². The van der Waals surface area contributed by atoms with Crippen LogP contribution in [0.2, 0.25) is 0 Å². The lowest BCUT2D eigenvalue weighted by atomic mass is 10.1. The Morgan fingerprint density at radius 3 is 2.50 bits per heavy atom. The molecule has 2 amide bonds. The predicted molar refractivity (Wildman–Crippen MR) is 104 cm³/mol. The largest absolute Gasteiger partial charge is 0.361 e. The molecule has 3 rings (SSSR count). The van der Waals surface area contributed by atoms with Crippen LogP contribution in [0.1, 0.15) is 23.1 Å². The smallest absolute Gasteiger partial charge is 0.233 e. The topological polar surface area (TPSA) is 74.0 Å². The number of hydrogen-bond acceptors (Lipinski definition) is 2. The van der Waals surface area contributed by atoms with Gasteiger partial charge < -0.3 is 15.6 Å². The summed E-state index contributed by atoms with van der Waals surface area (Å²) >= 11 is 0. The Morgan fingerprint density at radius 2 is 1.73 bits per heavy atom. The lowest BCUT2D eigenvalue weighted by Crippen LogP contribution is -2.29. The van der Waals surface area contributed by atoms with Gasteiger partial charge in [-0.3, -0.25) is 9.59 Å². The lowest BCUT2D eigenvalue weighted by Gasteiger charge is -2.08. The SMILES string of the molecule is Cc1cc(C)cc(NC(=O)CC(=O)NCCc2c[nH]c3ccccc23)c1. The number of para-hydroxylation sites is 1. The minimum absolute atomic E-state index is 0.180. The molecule has 134 valence electrons. The van der Waals surface area contributed by atoms with Crippen LogP contribution in [0.25, 0.3) is 10.9 Å². The Kier molecular flexibility index (Phi) is 5.37. The number of fused-ring (bicyclic) bond motifs is 1. The van der Waals surface area contributed by atoms with Gasteiger partial charge in [-0.1, -0.05) is 24.3 Å². The Morgan fingerprint density at radius 1 is 1.00 bits per heavy atom. The minimum atomic E-state index is -0.306. The number of aromatic amines is 1. The Hall–Kier alpha value is -3.08. The maximum atomic E-state index is 12.0. The molecule has 0 fully saturated rings. The monoisotopic (exact) mass is 349 g/mol. The number of nitrogens with one attached hydrogen (secondary N) is 3. The van der Waals surface area contributed by atoms with E-state index in [1.54, 1.807) is 0 Å². The zero-order valence-corrected chi connectivity index (χ0v) is 15.1. The van der Waals surface area contributed by atoms with E-state index >= 15 is 0 Å². The molecule has 3 N–H and O–H groups in total. The van der Waals surface area contributed by atoms with Crippen LogP contribution in [0.3, 0.4) is 0 Å². The second kappa shape index (κ2) is 7.87. The third-order valence-electron chi connectivity index (χ3n) is 4.22. The molecule has 3 aromatic rings. The van der Waals surface area contributed by atoms with E-state index in [1.165, 1.54) is 0 Å². The molecule has 0 spiro atoms. The molecule has 0 radical (unpaired) electrons. The summed E-state index contributed by atoms with van der Waals surface area (Å²) < 4.78 is 0. The second-order valence-electron chi connectivity index (χ2n) is 6.56. The maximum absolute atomic E-state index is 12.0. The number of carbonyl (C=O) groups excluding carboxylic acids is 2. The average molecular weight is 349 g/mol. The van der Waals surface area contributed by atoms with Gasteiger partial charge in [-0.25, -0.2) is 0 Å². The van der Waals surface area contributed by atoms with Crippen molar-refractivity contribution in [2.45, 2.75) is 26.7 Å². The Bertz CT molecular complexity index is 923. The van der Waals surface area contributed by atoms with E-state index in [1.807, 2.05) is 56.4 Å². The van der Waals surface area contributed by atoms with Gasteiger partial charge in [0.15, 0.2) is 0 Å². The minimum Gasteiger partial charge on any atom is -0.361 e. The van der Waals surface area contributed by atoms with E-state index in [2.05, 4.69) is 21.7 Å². The van der Waals surface area contributed by atoms with Crippen molar-refractivity contribution in [1.29, 1.82) is 0 Å². The lowest BCUT2D eigenvalue weighted by molar-refractivity contribution is -0.126. The molecular weight excluding hydrogens is 326 g/mol. The van der Waals surface area contributed by atoms with Gasteiger partial charge >= 0.3 is 0 Å². The summed E-state index contributed by atoms with van der Waals surface area (Å²) in [5.74, 6) is -0.577. The first-order valence-electron chi connectivity index (χ1n) is 8.71. The van der Waals surface area contributed by atoms with Crippen molar-refractivity contribution in [3.63, 3.8) is 0 Å². The summed E-state index contributed by atoms with van der Waals surface area (Å²) in [5, 5.41) is 6.75. The van der Waals surface area contributed by atoms with E-state index in [0.717, 1.165) is 33.3 Å². The highest BCUT2D eigenvalue weighted by Crippen LogP contribution is 2.17. The van der Waals surface area contributed by atoms with Crippen molar-refractivity contribution in [2.75, 3.05) is 11.9 Å². The zero-order chi connectivity index (χ0) is 18.5. The van der Waals surface area contributed by atoms with E-state index in [0.29, 0.717) is 13.0 Å². The van der Waals surface area contributed by atoms with Crippen molar-refractivity contribution in [1.82, 2.24) is 10.3 Å². The number of aryl methyl sites for hydroxylation is 2. The van der Waals surface area contributed by atoms with Gasteiger partial charge in [0.2, 0.25) is 11.8 Å². The van der Waals surface area contributed by atoms with Crippen LogP contribution in [-0.4, -0.2) is 23.3 Å². The van der Waals surface area contributed by atoms with Gasteiger partial charge in [0, 0.05) is 29.3 Å². The number of carbonyl (C=O) groups is 2. The Balaban J connectivity index is 1.47. The predicted octanol–water partition coefficient (Wildman–Crippen LogP) is 3.47. The number of hydrogen-bond donors (Lipinski definition) is 3. The van der Waals surface area contributed by atoms with Crippen molar-refractivity contribution >= 4 is 28.4 Å². The van der Waals surface area contributed by atoms with Gasteiger partial charge in [-0.05, 0) is 55.2 Å². The van der Waals surface area contributed by atoms with Crippen LogP contribution in [0.4, 0.5) is 5.69 Å². The summed E-state index contributed by atoms with van der Waals surface area (Å²) in [7, 11) is 0. The molecule has 0 aliphatic rings. The molecule has 1 aromatic heterocycles. The van der Waals surface area contributed by atoms with Gasteiger partial charge in [-0.15, -0.1) is 0 Å². The summed E-state index contributed by atoms with van der Waals surface area (Å²) in [6, 6.07) is 13.9. The fourth-order valence-electron chi connectivity index (χ4n) is 3.14. The van der Waals surface area contributed by atoms with E-state index in [9.17, 15) is 9.59 Å². The average Bonchev–Trinajstić information content (AvgIpc) is 2.97. The second-order valence-corrected chi connectivity index (χ2v) is 6.56. The van der Waals surface area contributed by atoms with Crippen LogP contribution in [-0.2, 0) is 16.0 Å². The quantitative estimate of drug-likeness (QED) is 0.596. The van der Waals surface area contributed by atoms with Crippen LogP contribution in [0, 0.1) is 13.8 Å². The van der Waals surface area contributed by atoms with Gasteiger partial charge in [0.05, 0.1) is 0 Å². The first-order valence-corrected chi connectivity index (χ1v) is 8.71. The van der Waals surface area contributed by atoms with Crippen molar-refractivity contribution in [3.8, 4) is 0 Å².